The maximum atomic E-state index is 11.5. The number of amides is 1. The third-order valence-corrected chi connectivity index (χ3v) is 2.36. The third kappa shape index (κ3) is 2.75. The molecule has 0 unspecified atom stereocenters. The first kappa shape index (κ1) is 11.6. The largest absolute Gasteiger partial charge is 0.368 e. The molecular formula is C11H19N3O. The van der Waals surface area contributed by atoms with E-state index in [-0.39, 0.29) is 11.8 Å². The van der Waals surface area contributed by atoms with Crippen LogP contribution in [0.5, 0.6) is 0 Å². The molecule has 4 heteroatoms. The van der Waals surface area contributed by atoms with Gasteiger partial charge in [-0.05, 0) is 6.08 Å². The lowest BCUT2D eigenvalue weighted by molar-refractivity contribution is -0.123. The molecule has 1 rings (SSSR count). The summed E-state index contributed by atoms with van der Waals surface area (Å²) in [5.41, 5.74) is 0.758. The molecule has 0 aromatic heterocycles. The van der Waals surface area contributed by atoms with Crippen LogP contribution >= 0.6 is 0 Å². The van der Waals surface area contributed by atoms with Crippen LogP contribution < -0.4 is 10.6 Å². The number of rotatable bonds is 3. The molecule has 1 fully saturated rings. The van der Waals surface area contributed by atoms with E-state index in [1.54, 1.807) is 6.08 Å². The molecule has 0 saturated carbocycles. The lowest BCUT2D eigenvalue weighted by atomic mass is 10.2. The molecule has 15 heavy (non-hydrogen) atoms. The lowest BCUT2D eigenvalue weighted by Gasteiger charge is -2.17. The van der Waals surface area contributed by atoms with Gasteiger partial charge in [0, 0.05) is 26.1 Å². The van der Waals surface area contributed by atoms with Gasteiger partial charge in [0.1, 0.15) is 5.82 Å². The zero-order valence-electron chi connectivity index (χ0n) is 9.63. The van der Waals surface area contributed by atoms with Gasteiger partial charge < -0.3 is 15.5 Å². The quantitative estimate of drug-likeness (QED) is 0.717. The summed E-state index contributed by atoms with van der Waals surface area (Å²) in [4.78, 5) is 13.6. The number of hydrogen-bond acceptors (Lipinski definition) is 3. The topological polar surface area (TPSA) is 44.4 Å². The van der Waals surface area contributed by atoms with Gasteiger partial charge in [0.15, 0.2) is 0 Å². The molecule has 0 aromatic carbocycles. The van der Waals surface area contributed by atoms with Crippen LogP contribution in [0.3, 0.4) is 0 Å². The van der Waals surface area contributed by atoms with Crippen LogP contribution in [-0.4, -0.2) is 30.9 Å². The van der Waals surface area contributed by atoms with E-state index in [1.165, 1.54) is 0 Å². The number of nitrogens with zero attached hydrogens (tertiary/aromatic N) is 1. The highest BCUT2D eigenvalue weighted by atomic mass is 16.1. The van der Waals surface area contributed by atoms with Crippen LogP contribution in [-0.2, 0) is 4.79 Å². The fourth-order valence-electron chi connectivity index (χ4n) is 1.37. The molecule has 0 aromatic rings. The van der Waals surface area contributed by atoms with Crippen molar-refractivity contribution in [1.82, 2.24) is 15.5 Å². The van der Waals surface area contributed by atoms with Crippen molar-refractivity contribution < 1.29 is 4.79 Å². The highest BCUT2D eigenvalue weighted by Crippen LogP contribution is 2.09. The van der Waals surface area contributed by atoms with E-state index >= 15 is 0 Å². The molecule has 0 aliphatic carbocycles. The second kappa shape index (κ2) is 4.87. The first-order valence-corrected chi connectivity index (χ1v) is 5.19. The first-order chi connectivity index (χ1) is 7.06. The SMILES string of the molecule is C=C/C(NC(=O)C(C)C)=C1/NCCN1C. The predicted molar refractivity (Wildman–Crippen MR) is 60.8 cm³/mol. The molecule has 4 nitrogen and oxygen atoms in total. The molecule has 0 radical (unpaired) electrons. The standard InChI is InChI=1S/C11H19N3O/c1-5-9(13-11(15)8(2)3)10-12-6-7-14(10)4/h5,8,12H,1,6-7H2,2-4H3,(H,13,15)/b10-9+. The Morgan fingerprint density at radius 3 is 2.73 bits per heavy atom. The van der Waals surface area contributed by atoms with Gasteiger partial charge in [-0.25, -0.2) is 0 Å². The van der Waals surface area contributed by atoms with Crippen molar-refractivity contribution in [2.45, 2.75) is 13.8 Å². The highest BCUT2D eigenvalue weighted by Gasteiger charge is 2.17. The number of nitrogens with one attached hydrogen (secondary N) is 2. The van der Waals surface area contributed by atoms with E-state index in [4.69, 9.17) is 0 Å². The molecule has 2 N–H and O–H groups in total. The Labute approximate surface area is 91.0 Å². The Morgan fingerprint density at radius 2 is 2.33 bits per heavy atom. The first-order valence-electron chi connectivity index (χ1n) is 5.19. The number of carbonyl (C=O) groups is 1. The van der Waals surface area contributed by atoms with Crippen LogP contribution in [0.15, 0.2) is 24.2 Å². The molecule has 1 aliphatic heterocycles. The van der Waals surface area contributed by atoms with Crippen LogP contribution in [0.1, 0.15) is 13.8 Å². The van der Waals surface area contributed by atoms with Crippen molar-refractivity contribution in [3.63, 3.8) is 0 Å². The van der Waals surface area contributed by atoms with Crippen molar-refractivity contribution in [3.8, 4) is 0 Å². The molecule has 0 atom stereocenters. The average Bonchev–Trinajstić information content (AvgIpc) is 2.60. The van der Waals surface area contributed by atoms with Gasteiger partial charge >= 0.3 is 0 Å². The molecule has 0 bridgehead atoms. The summed E-state index contributed by atoms with van der Waals surface area (Å²) in [6, 6.07) is 0. The number of likely N-dealkylation sites (N-methyl/N-ethyl adjacent to an activating group) is 1. The van der Waals surface area contributed by atoms with Gasteiger partial charge in [-0.15, -0.1) is 0 Å². The third-order valence-electron chi connectivity index (χ3n) is 2.36. The van der Waals surface area contributed by atoms with Crippen LogP contribution in [0.4, 0.5) is 0 Å². The molecule has 84 valence electrons. The summed E-state index contributed by atoms with van der Waals surface area (Å²) in [5.74, 6) is 0.936. The Bertz CT molecular complexity index is 294. The molecule has 1 saturated heterocycles. The second-order valence-electron chi connectivity index (χ2n) is 3.96. The minimum atomic E-state index is -0.0211. The minimum Gasteiger partial charge on any atom is -0.368 e. The van der Waals surface area contributed by atoms with E-state index in [1.807, 2.05) is 20.9 Å². The van der Waals surface area contributed by atoms with Crippen molar-refractivity contribution >= 4 is 5.91 Å². The zero-order chi connectivity index (χ0) is 11.4. The van der Waals surface area contributed by atoms with Gasteiger partial charge in [-0.3, -0.25) is 4.79 Å². The van der Waals surface area contributed by atoms with E-state index in [0.717, 1.165) is 24.6 Å². The Morgan fingerprint density at radius 1 is 1.67 bits per heavy atom. The van der Waals surface area contributed by atoms with Gasteiger partial charge in [-0.2, -0.15) is 0 Å². The van der Waals surface area contributed by atoms with Crippen molar-refractivity contribution in [1.29, 1.82) is 0 Å². The minimum absolute atomic E-state index is 0.0134. The highest BCUT2D eigenvalue weighted by molar-refractivity contribution is 5.80. The summed E-state index contributed by atoms with van der Waals surface area (Å²) in [6.45, 7) is 9.30. The van der Waals surface area contributed by atoms with E-state index in [0.29, 0.717) is 0 Å². The summed E-state index contributed by atoms with van der Waals surface area (Å²) >= 11 is 0. The summed E-state index contributed by atoms with van der Waals surface area (Å²) in [7, 11) is 1.99. The van der Waals surface area contributed by atoms with Crippen molar-refractivity contribution in [3.05, 3.63) is 24.2 Å². The molecular weight excluding hydrogens is 190 g/mol. The average molecular weight is 209 g/mol. The fraction of sp³-hybridized carbons (Fsp3) is 0.545. The molecule has 0 spiro atoms. The summed E-state index contributed by atoms with van der Waals surface area (Å²) in [5, 5.41) is 6.08. The smallest absolute Gasteiger partial charge is 0.227 e. The second-order valence-corrected chi connectivity index (χ2v) is 3.96. The maximum absolute atomic E-state index is 11.5. The van der Waals surface area contributed by atoms with Crippen molar-refractivity contribution in [2.75, 3.05) is 20.1 Å². The number of carbonyl (C=O) groups excluding carboxylic acids is 1. The fourth-order valence-corrected chi connectivity index (χ4v) is 1.37. The van der Waals surface area contributed by atoms with E-state index in [2.05, 4.69) is 22.1 Å². The van der Waals surface area contributed by atoms with Crippen molar-refractivity contribution in [2.24, 2.45) is 5.92 Å². The van der Waals surface area contributed by atoms with E-state index < -0.39 is 0 Å². The van der Waals surface area contributed by atoms with Gasteiger partial charge in [-0.1, -0.05) is 20.4 Å². The molecule has 1 aliphatic rings. The molecule has 1 amide bonds. The predicted octanol–water partition coefficient (Wildman–Crippen LogP) is 0.649. The Balaban J connectivity index is 2.79. The van der Waals surface area contributed by atoms with Gasteiger partial charge in [0.05, 0.1) is 5.70 Å². The normalized spacial score (nSPS) is 18.8. The van der Waals surface area contributed by atoms with Gasteiger partial charge in [0.25, 0.3) is 0 Å². The van der Waals surface area contributed by atoms with E-state index in [9.17, 15) is 4.79 Å². The zero-order valence-corrected chi connectivity index (χ0v) is 9.63. The number of hydrogen-bond donors (Lipinski definition) is 2. The Hall–Kier alpha value is -1.45. The monoisotopic (exact) mass is 209 g/mol. The summed E-state index contributed by atoms with van der Waals surface area (Å²) in [6.07, 6.45) is 1.67. The lowest BCUT2D eigenvalue weighted by Crippen LogP contribution is -2.30. The van der Waals surface area contributed by atoms with Gasteiger partial charge in [0.2, 0.25) is 5.91 Å². The molecule has 1 heterocycles. The number of allylic oxidation sites excluding steroid dienone is 1. The van der Waals surface area contributed by atoms with Crippen LogP contribution in [0.2, 0.25) is 0 Å². The summed E-state index contributed by atoms with van der Waals surface area (Å²) < 4.78 is 0. The maximum Gasteiger partial charge on any atom is 0.227 e. The van der Waals surface area contributed by atoms with Crippen LogP contribution in [0.25, 0.3) is 0 Å². The Kier molecular flexibility index (Phi) is 3.77. The van der Waals surface area contributed by atoms with Crippen LogP contribution in [0, 0.1) is 5.92 Å².